The van der Waals surface area contributed by atoms with Gasteiger partial charge in [0.2, 0.25) is 0 Å². The Morgan fingerprint density at radius 3 is 2.62 bits per heavy atom. The van der Waals surface area contributed by atoms with Gasteiger partial charge in [-0.05, 0) is 60.9 Å². The minimum atomic E-state index is -0.597. The molecule has 2 rings (SSSR count). The van der Waals surface area contributed by atoms with E-state index in [-0.39, 0.29) is 23.7 Å². The lowest BCUT2D eigenvalue weighted by molar-refractivity contribution is -0.136. The maximum Gasteiger partial charge on any atom is 0.349 e. The molecule has 1 N–H and O–H groups in total. The Bertz CT molecular complexity index is 1040. The molecule has 0 atom stereocenters. The van der Waals surface area contributed by atoms with E-state index in [0.717, 1.165) is 22.9 Å². The Balaban J connectivity index is 2.05. The van der Waals surface area contributed by atoms with Crippen molar-refractivity contribution in [1.29, 1.82) is 5.26 Å². The quantitative estimate of drug-likeness (QED) is 0.168. The Labute approximate surface area is 196 Å². The van der Waals surface area contributed by atoms with Gasteiger partial charge in [-0.2, -0.15) is 5.26 Å². The van der Waals surface area contributed by atoms with Crippen molar-refractivity contribution in [3.05, 3.63) is 57.6 Å². The number of unbranched alkanes of at least 4 members (excludes halogenated alkanes) is 1. The van der Waals surface area contributed by atoms with E-state index in [1.165, 1.54) is 19.3 Å². The van der Waals surface area contributed by atoms with E-state index >= 15 is 0 Å². The third-order valence-electron chi connectivity index (χ3n) is 4.39. The molecule has 1 amide bonds. The second kappa shape index (κ2) is 12.5. The predicted molar refractivity (Wildman–Crippen MR) is 125 cm³/mol. The van der Waals surface area contributed by atoms with Gasteiger partial charge < -0.3 is 19.5 Å². The molecule has 0 fully saturated rings. The summed E-state index contributed by atoms with van der Waals surface area (Å²) in [6, 6.07) is 12.0. The molecule has 0 aliphatic rings. The second-order valence-corrected chi connectivity index (χ2v) is 7.72. The average molecular weight is 501 g/mol. The molecular formula is C24H25BrN2O5. The topological polar surface area (TPSA) is 97.7 Å². The largest absolute Gasteiger partial charge is 0.493 e. The van der Waals surface area contributed by atoms with Crippen LogP contribution in [0.3, 0.4) is 0 Å². The number of halogens is 1. The SMILES string of the molecule is CCCCNC(=O)/C(C#N)=C/c1ccc(OC(=O)COc2ccc(Br)c(C)c2)c(OC)c1. The molecule has 0 bridgehead atoms. The molecule has 8 heteroatoms. The normalized spacial score (nSPS) is 10.8. The Morgan fingerprint density at radius 2 is 1.97 bits per heavy atom. The molecule has 2 aromatic carbocycles. The molecule has 2 aromatic rings. The van der Waals surface area contributed by atoms with Crippen LogP contribution in [0.25, 0.3) is 6.08 Å². The number of nitrogens with zero attached hydrogens (tertiary/aromatic N) is 1. The van der Waals surface area contributed by atoms with Crippen LogP contribution in [0.4, 0.5) is 0 Å². The highest BCUT2D eigenvalue weighted by atomic mass is 79.9. The first-order valence-corrected chi connectivity index (χ1v) is 10.8. The van der Waals surface area contributed by atoms with Gasteiger partial charge in [-0.25, -0.2) is 4.79 Å². The smallest absolute Gasteiger partial charge is 0.349 e. The zero-order chi connectivity index (χ0) is 23.5. The van der Waals surface area contributed by atoms with Crippen LogP contribution in [0.5, 0.6) is 17.2 Å². The molecule has 0 radical (unpaired) electrons. The lowest BCUT2D eigenvalue weighted by Gasteiger charge is -2.11. The molecule has 0 spiro atoms. The summed E-state index contributed by atoms with van der Waals surface area (Å²) in [5.74, 6) is 0.0127. The van der Waals surface area contributed by atoms with Gasteiger partial charge in [0.15, 0.2) is 18.1 Å². The fraction of sp³-hybridized carbons (Fsp3) is 0.292. The van der Waals surface area contributed by atoms with Crippen molar-refractivity contribution < 1.29 is 23.8 Å². The molecule has 0 aliphatic carbocycles. The van der Waals surface area contributed by atoms with Gasteiger partial charge >= 0.3 is 5.97 Å². The monoisotopic (exact) mass is 500 g/mol. The molecule has 0 aromatic heterocycles. The van der Waals surface area contributed by atoms with Crippen molar-refractivity contribution >= 4 is 33.9 Å². The highest BCUT2D eigenvalue weighted by Gasteiger charge is 2.13. The highest BCUT2D eigenvalue weighted by molar-refractivity contribution is 9.10. The van der Waals surface area contributed by atoms with Gasteiger partial charge in [0, 0.05) is 11.0 Å². The summed E-state index contributed by atoms with van der Waals surface area (Å²) in [6.45, 7) is 4.17. The molecule has 0 saturated heterocycles. The fourth-order valence-corrected chi connectivity index (χ4v) is 2.90. The first-order chi connectivity index (χ1) is 15.4. The standard InChI is InChI=1S/C24H25BrN2O5/c1-4-5-10-27-24(29)18(14-26)12-17-6-9-21(22(13-17)30-3)32-23(28)15-31-19-7-8-20(25)16(2)11-19/h6-9,11-13H,4-5,10,15H2,1-3H3,(H,27,29)/b18-12+. The maximum absolute atomic E-state index is 12.2. The first-order valence-electron chi connectivity index (χ1n) is 10.1. The third-order valence-corrected chi connectivity index (χ3v) is 5.28. The van der Waals surface area contributed by atoms with Crippen LogP contribution in [0.2, 0.25) is 0 Å². The summed E-state index contributed by atoms with van der Waals surface area (Å²) in [7, 11) is 1.43. The zero-order valence-corrected chi connectivity index (χ0v) is 19.8. The van der Waals surface area contributed by atoms with Crippen LogP contribution >= 0.6 is 15.9 Å². The summed E-state index contributed by atoms with van der Waals surface area (Å²) in [5.41, 5.74) is 1.52. The van der Waals surface area contributed by atoms with Crippen molar-refractivity contribution in [3.63, 3.8) is 0 Å². The molecule has 7 nitrogen and oxygen atoms in total. The minimum absolute atomic E-state index is 0.0221. The Hall–Kier alpha value is -3.31. The van der Waals surface area contributed by atoms with Crippen molar-refractivity contribution in [1.82, 2.24) is 5.32 Å². The molecule has 0 unspecified atom stereocenters. The summed E-state index contributed by atoms with van der Waals surface area (Å²) < 4.78 is 17.1. The van der Waals surface area contributed by atoms with Gasteiger partial charge in [-0.15, -0.1) is 0 Å². The number of esters is 1. The van der Waals surface area contributed by atoms with Gasteiger partial charge in [0.05, 0.1) is 7.11 Å². The van der Waals surface area contributed by atoms with Crippen LogP contribution < -0.4 is 19.5 Å². The number of carbonyl (C=O) groups excluding carboxylic acids is 2. The van der Waals surface area contributed by atoms with E-state index in [4.69, 9.17) is 14.2 Å². The second-order valence-electron chi connectivity index (χ2n) is 6.86. The summed E-state index contributed by atoms with van der Waals surface area (Å²) in [4.78, 5) is 24.3. The van der Waals surface area contributed by atoms with Crippen molar-refractivity contribution in [3.8, 4) is 23.3 Å². The number of amides is 1. The van der Waals surface area contributed by atoms with Gasteiger partial charge in [0.25, 0.3) is 5.91 Å². The van der Waals surface area contributed by atoms with Crippen molar-refractivity contribution in [2.24, 2.45) is 0 Å². The van der Waals surface area contributed by atoms with Crippen molar-refractivity contribution in [2.75, 3.05) is 20.3 Å². The molecule has 0 heterocycles. The van der Waals surface area contributed by atoms with E-state index < -0.39 is 11.9 Å². The van der Waals surface area contributed by atoms with E-state index in [1.54, 1.807) is 18.2 Å². The van der Waals surface area contributed by atoms with Crippen molar-refractivity contribution in [2.45, 2.75) is 26.7 Å². The Kier molecular flexibility index (Phi) is 9.76. The van der Waals surface area contributed by atoms with Crippen LogP contribution in [0.15, 0.2) is 46.4 Å². The Morgan fingerprint density at radius 1 is 1.19 bits per heavy atom. The summed E-state index contributed by atoms with van der Waals surface area (Å²) >= 11 is 3.41. The van der Waals surface area contributed by atoms with E-state index in [0.29, 0.717) is 17.9 Å². The molecule has 32 heavy (non-hydrogen) atoms. The number of hydrogen-bond donors (Lipinski definition) is 1. The average Bonchev–Trinajstić information content (AvgIpc) is 2.79. The lowest BCUT2D eigenvalue weighted by Crippen LogP contribution is -2.25. The highest BCUT2D eigenvalue weighted by Crippen LogP contribution is 2.29. The number of ether oxygens (including phenoxy) is 3. The van der Waals surface area contributed by atoms with E-state index in [2.05, 4.69) is 21.2 Å². The van der Waals surface area contributed by atoms with E-state index in [1.807, 2.05) is 32.0 Å². The van der Waals surface area contributed by atoms with E-state index in [9.17, 15) is 14.9 Å². The fourth-order valence-electron chi connectivity index (χ4n) is 2.65. The summed E-state index contributed by atoms with van der Waals surface area (Å²) in [6.07, 6.45) is 3.23. The molecule has 0 saturated carbocycles. The molecular weight excluding hydrogens is 476 g/mol. The number of methoxy groups -OCH3 is 1. The minimum Gasteiger partial charge on any atom is -0.493 e. The number of rotatable bonds is 10. The predicted octanol–water partition coefficient (Wildman–Crippen LogP) is 4.57. The number of carbonyl (C=O) groups is 2. The number of hydrogen-bond acceptors (Lipinski definition) is 6. The summed E-state index contributed by atoms with van der Waals surface area (Å²) in [5, 5.41) is 12.0. The first kappa shape index (κ1) is 25.0. The number of nitriles is 1. The molecule has 168 valence electrons. The van der Waals surface area contributed by atoms with Crippen LogP contribution in [-0.4, -0.2) is 32.1 Å². The van der Waals surface area contributed by atoms with Crippen LogP contribution in [-0.2, 0) is 9.59 Å². The van der Waals surface area contributed by atoms with Gasteiger partial charge in [0.1, 0.15) is 17.4 Å². The maximum atomic E-state index is 12.2. The zero-order valence-electron chi connectivity index (χ0n) is 18.2. The number of aryl methyl sites for hydroxylation is 1. The molecule has 0 aliphatic heterocycles. The number of nitrogens with one attached hydrogen (secondary N) is 1. The lowest BCUT2D eigenvalue weighted by atomic mass is 10.1. The number of benzene rings is 2. The van der Waals surface area contributed by atoms with Crippen LogP contribution in [0, 0.1) is 18.3 Å². The third kappa shape index (κ3) is 7.43. The van der Waals surface area contributed by atoms with Gasteiger partial charge in [-0.3, -0.25) is 4.79 Å². The van der Waals surface area contributed by atoms with Crippen LogP contribution in [0.1, 0.15) is 30.9 Å². The van der Waals surface area contributed by atoms with Gasteiger partial charge in [-0.1, -0.05) is 35.3 Å².